The molecule has 0 atom stereocenters. The van der Waals surface area contributed by atoms with E-state index in [2.05, 4.69) is 38.7 Å². The van der Waals surface area contributed by atoms with E-state index >= 15 is 0 Å². The predicted molar refractivity (Wildman–Crippen MR) is 177 cm³/mol. The molecule has 1 saturated heterocycles. The van der Waals surface area contributed by atoms with Crippen molar-refractivity contribution >= 4 is 44.6 Å². The number of rotatable bonds is 9. The number of carbonyl (C=O) groups is 2. The summed E-state index contributed by atoms with van der Waals surface area (Å²) in [5, 5.41) is 6.07. The number of piperidine rings is 1. The Morgan fingerprint density at radius 3 is 2.40 bits per heavy atom. The van der Waals surface area contributed by atoms with Crippen LogP contribution in [0.1, 0.15) is 32.3 Å². The van der Waals surface area contributed by atoms with Gasteiger partial charge < -0.3 is 15.0 Å². The van der Waals surface area contributed by atoms with E-state index in [1.165, 1.54) is 11.3 Å². The number of thiazole rings is 1. The number of nitrogens with one attached hydrogen (secondary N) is 2. The van der Waals surface area contributed by atoms with Crippen LogP contribution in [0.5, 0.6) is 0 Å². The standard InChI is InChI=1S/C34H35N7O3S/c1-3-35-32(43)40-33-39-28-19-24(18-26(29(28)45-33)27-12-8-9-15-36-27)25-21-37-31(38-22-25)41-16-13-34(14-17-41,30(42)44-4-2)20-23-10-6-5-7-11-23/h5-12,15,18-19,21-22H,3-4,13-14,16-17,20H2,1-2H3,(H2,35,39,40,43). The number of aromatic nitrogens is 4. The van der Waals surface area contributed by atoms with Crippen molar-refractivity contribution in [2.75, 3.05) is 36.5 Å². The fraction of sp³-hybridized carbons (Fsp3) is 0.294. The van der Waals surface area contributed by atoms with Gasteiger partial charge in [-0.15, -0.1) is 0 Å². The van der Waals surface area contributed by atoms with Gasteiger partial charge in [-0.25, -0.2) is 19.7 Å². The van der Waals surface area contributed by atoms with Gasteiger partial charge in [0.15, 0.2) is 5.13 Å². The molecule has 1 aliphatic rings. The zero-order valence-electron chi connectivity index (χ0n) is 25.3. The Kier molecular flexibility index (Phi) is 8.97. The highest BCUT2D eigenvalue weighted by molar-refractivity contribution is 7.22. The molecule has 1 fully saturated rings. The van der Waals surface area contributed by atoms with Crippen molar-refractivity contribution in [3.8, 4) is 22.4 Å². The molecule has 45 heavy (non-hydrogen) atoms. The van der Waals surface area contributed by atoms with Gasteiger partial charge in [0.25, 0.3) is 0 Å². The van der Waals surface area contributed by atoms with E-state index in [1.54, 1.807) is 6.20 Å². The highest BCUT2D eigenvalue weighted by atomic mass is 32.1. The molecule has 0 unspecified atom stereocenters. The second-order valence-corrected chi connectivity index (χ2v) is 12.0. The molecule has 5 aromatic rings. The van der Waals surface area contributed by atoms with E-state index in [1.807, 2.05) is 68.7 Å². The van der Waals surface area contributed by atoms with Crippen LogP contribution in [0.15, 0.2) is 79.3 Å². The van der Waals surface area contributed by atoms with Crippen molar-refractivity contribution in [1.29, 1.82) is 0 Å². The van der Waals surface area contributed by atoms with Crippen molar-refractivity contribution < 1.29 is 14.3 Å². The summed E-state index contributed by atoms with van der Waals surface area (Å²) >= 11 is 1.41. The van der Waals surface area contributed by atoms with Crippen molar-refractivity contribution in [2.45, 2.75) is 33.1 Å². The molecule has 0 bridgehead atoms. The van der Waals surface area contributed by atoms with Crippen LogP contribution in [-0.4, -0.2) is 58.2 Å². The molecular weight excluding hydrogens is 586 g/mol. The summed E-state index contributed by atoms with van der Waals surface area (Å²) in [6.07, 6.45) is 7.37. The number of hydrogen-bond acceptors (Lipinski definition) is 9. The third-order valence-electron chi connectivity index (χ3n) is 8.06. The maximum Gasteiger partial charge on any atom is 0.321 e. The molecule has 6 rings (SSSR count). The average molecular weight is 622 g/mol. The SMILES string of the molecule is CCNC(=O)Nc1nc2cc(-c3cnc(N4CCC(Cc5ccccc5)(C(=O)OCC)CC4)nc3)cc(-c3ccccn3)c2s1. The number of esters is 1. The lowest BCUT2D eigenvalue weighted by Gasteiger charge is -2.40. The first-order valence-corrected chi connectivity index (χ1v) is 16.0. The number of fused-ring (bicyclic) bond motifs is 1. The lowest BCUT2D eigenvalue weighted by atomic mass is 9.73. The Labute approximate surface area is 265 Å². The molecule has 0 saturated carbocycles. The molecule has 3 aromatic heterocycles. The van der Waals surface area contributed by atoms with Crippen molar-refractivity contribution in [3.63, 3.8) is 0 Å². The predicted octanol–water partition coefficient (Wildman–Crippen LogP) is 6.35. The molecule has 0 radical (unpaired) electrons. The Morgan fingerprint density at radius 1 is 0.956 bits per heavy atom. The molecule has 2 N–H and O–H groups in total. The summed E-state index contributed by atoms with van der Waals surface area (Å²) in [6, 6.07) is 19.7. The van der Waals surface area contributed by atoms with E-state index in [0.717, 1.165) is 38.2 Å². The normalized spacial score (nSPS) is 14.2. The number of anilines is 2. The van der Waals surface area contributed by atoms with Crippen LogP contribution < -0.4 is 15.5 Å². The minimum absolute atomic E-state index is 0.129. The number of hydrogen-bond donors (Lipinski definition) is 2. The van der Waals surface area contributed by atoms with Gasteiger partial charge in [-0.05, 0) is 68.5 Å². The van der Waals surface area contributed by atoms with Gasteiger partial charge in [-0.2, -0.15) is 0 Å². The number of urea groups is 1. The van der Waals surface area contributed by atoms with Gasteiger partial charge >= 0.3 is 12.0 Å². The lowest BCUT2D eigenvalue weighted by molar-refractivity contribution is -0.156. The van der Waals surface area contributed by atoms with Crippen LogP contribution in [0.4, 0.5) is 15.9 Å². The summed E-state index contributed by atoms with van der Waals surface area (Å²) in [5.41, 5.74) is 4.78. The first-order chi connectivity index (χ1) is 22.0. The lowest BCUT2D eigenvalue weighted by Crippen LogP contribution is -2.47. The Hall–Kier alpha value is -4.90. The Balaban J connectivity index is 1.24. The number of carbonyl (C=O) groups excluding carboxylic acids is 2. The highest BCUT2D eigenvalue weighted by Crippen LogP contribution is 2.39. The molecule has 2 amide bonds. The van der Waals surface area contributed by atoms with E-state index in [-0.39, 0.29) is 12.0 Å². The number of benzene rings is 2. The first-order valence-electron chi connectivity index (χ1n) is 15.2. The van der Waals surface area contributed by atoms with Gasteiger partial charge in [-0.3, -0.25) is 15.1 Å². The second-order valence-electron chi connectivity index (χ2n) is 11.0. The monoisotopic (exact) mass is 621 g/mol. The van der Waals surface area contributed by atoms with Crippen LogP contribution >= 0.6 is 11.3 Å². The molecule has 230 valence electrons. The van der Waals surface area contributed by atoms with Crippen LogP contribution in [0.3, 0.4) is 0 Å². The third-order valence-corrected chi connectivity index (χ3v) is 9.08. The largest absolute Gasteiger partial charge is 0.466 e. The van der Waals surface area contributed by atoms with E-state index in [0.29, 0.717) is 56.6 Å². The number of pyridine rings is 1. The molecule has 2 aromatic carbocycles. The maximum atomic E-state index is 13.2. The molecule has 0 aliphatic carbocycles. The van der Waals surface area contributed by atoms with Crippen molar-refractivity contribution in [2.24, 2.45) is 5.41 Å². The average Bonchev–Trinajstić information content (AvgIpc) is 3.48. The molecule has 4 heterocycles. The van der Waals surface area contributed by atoms with Crippen LogP contribution in [-0.2, 0) is 16.0 Å². The smallest absolute Gasteiger partial charge is 0.321 e. The van der Waals surface area contributed by atoms with Crippen LogP contribution in [0.2, 0.25) is 0 Å². The van der Waals surface area contributed by atoms with Gasteiger partial charge in [0.1, 0.15) is 0 Å². The fourth-order valence-corrected chi connectivity index (χ4v) is 6.72. The summed E-state index contributed by atoms with van der Waals surface area (Å²) < 4.78 is 6.47. The zero-order valence-corrected chi connectivity index (χ0v) is 26.1. The van der Waals surface area contributed by atoms with Crippen LogP contribution in [0.25, 0.3) is 32.6 Å². The molecule has 0 spiro atoms. The quantitative estimate of drug-likeness (QED) is 0.183. The first kappa shape index (κ1) is 30.1. The van der Waals surface area contributed by atoms with Gasteiger partial charge in [0.05, 0.1) is 27.9 Å². The van der Waals surface area contributed by atoms with Gasteiger partial charge in [-0.1, -0.05) is 47.7 Å². The highest BCUT2D eigenvalue weighted by Gasteiger charge is 2.43. The van der Waals surface area contributed by atoms with E-state index < -0.39 is 5.41 Å². The maximum absolute atomic E-state index is 13.2. The van der Waals surface area contributed by atoms with Crippen LogP contribution in [0, 0.1) is 5.41 Å². The Morgan fingerprint density at radius 2 is 1.71 bits per heavy atom. The fourth-order valence-electron chi connectivity index (χ4n) is 5.76. The summed E-state index contributed by atoms with van der Waals surface area (Å²) in [6.45, 7) is 5.91. The summed E-state index contributed by atoms with van der Waals surface area (Å²) in [5.74, 6) is 0.499. The number of amides is 2. The van der Waals surface area contributed by atoms with Crippen molar-refractivity contribution in [1.82, 2.24) is 25.3 Å². The molecule has 10 nitrogen and oxygen atoms in total. The number of nitrogens with zero attached hydrogens (tertiary/aromatic N) is 5. The second kappa shape index (κ2) is 13.4. The van der Waals surface area contributed by atoms with E-state index in [4.69, 9.17) is 19.7 Å². The summed E-state index contributed by atoms with van der Waals surface area (Å²) in [7, 11) is 0. The minimum Gasteiger partial charge on any atom is -0.466 e. The molecule has 11 heteroatoms. The zero-order chi connectivity index (χ0) is 31.2. The number of ether oxygens (including phenoxy) is 1. The van der Waals surface area contributed by atoms with Crippen molar-refractivity contribution in [3.05, 3.63) is 84.8 Å². The van der Waals surface area contributed by atoms with E-state index in [9.17, 15) is 9.59 Å². The third kappa shape index (κ3) is 6.63. The minimum atomic E-state index is -0.566. The Bertz CT molecular complexity index is 1770. The summed E-state index contributed by atoms with van der Waals surface area (Å²) in [4.78, 5) is 46.2. The van der Waals surface area contributed by atoms with Gasteiger partial charge in [0.2, 0.25) is 5.95 Å². The molecular formula is C34H35N7O3S. The molecule has 1 aliphatic heterocycles. The van der Waals surface area contributed by atoms with Gasteiger partial charge in [0, 0.05) is 49.4 Å². The topological polar surface area (TPSA) is 122 Å².